The summed E-state index contributed by atoms with van der Waals surface area (Å²) in [6.07, 6.45) is 2.44. The quantitative estimate of drug-likeness (QED) is 0.385. The molecule has 1 saturated carbocycles. The van der Waals surface area contributed by atoms with Gasteiger partial charge >= 0.3 is 12.0 Å². The number of likely N-dealkylation sites (tertiary alicyclic amines) is 1. The molecule has 8 nitrogen and oxygen atoms in total. The smallest absolute Gasteiger partial charge is 0.308 e. The molecule has 0 bridgehead atoms. The second-order valence-corrected chi connectivity index (χ2v) is 11.0. The van der Waals surface area contributed by atoms with E-state index in [0.717, 1.165) is 12.1 Å². The van der Waals surface area contributed by atoms with Crippen LogP contribution in [0, 0.1) is 11.7 Å². The van der Waals surface area contributed by atoms with E-state index in [9.17, 15) is 14.0 Å². The third-order valence-electron chi connectivity index (χ3n) is 8.44. The molecule has 1 aliphatic carbocycles. The fraction of sp³-hybridized carbons (Fsp3) is 0.500. The maximum atomic E-state index is 15.5. The summed E-state index contributed by atoms with van der Waals surface area (Å²) in [6, 6.07) is 11.1. The fourth-order valence-electron chi connectivity index (χ4n) is 6.24. The lowest BCUT2D eigenvalue weighted by Gasteiger charge is -2.30. The predicted octanol–water partition coefficient (Wildman–Crippen LogP) is 4.89. The van der Waals surface area contributed by atoms with Crippen LogP contribution >= 0.6 is 0 Å². The Labute approximate surface area is 231 Å². The van der Waals surface area contributed by atoms with Gasteiger partial charge in [0.25, 0.3) is 0 Å². The number of carbonyl (C=O) groups is 2. The number of fused-ring (bicyclic) bond motifs is 2. The van der Waals surface area contributed by atoms with Crippen LogP contribution in [-0.4, -0.2) is 66.9 Å². The van der Waals surface area contributed by atoms with Gasteiger partial charge < -0.3 is 18.8 Å². The van der Waals surface area contributed by atoms with Gasteiger partial charge in [-0.3, -0.25) is 14.5 Å². The lowest BCUT2D eigenvalue weighted by atomic mass is 9.87. The number of amides is 1. The highest BCUT2D eigenvalue weighted by atomic mass is 19.1. The van der Waals surface area contributed by atoms with Crippen LogP contribution in [0.5, 0.6) is 0 Å². The molecule has 3 aliphatic rings. The zero-order valence-electron chi connectivity index (χ0n) is 22.5. The SMILES string of the molecule is COC(=O)C1CCC(OC[C@@H]2C[C@H](F)CN2C(=O)Cc2ccc3nc(N4CCc5ccccc54)oc3c2F)CC1. The second kappa shape index (κ2) is 11.2. The summed E-state index contributed by atoms with van der Waals surface area (Å²) in [6.45, 7) is 0.866. The minimum atomic E-state index is -1.15. The number of anilines is 2. The Bertz CT molecular complexity index is 1400. The zero-order valence-corrected chi connectivity index (χ0v) is 22.5. The summed E-state index contributed by atoms with van der Waals surface area (Å²) in [4.78, 5) is 32.9. The van der Waals surface area contributed by atoms with Crippen LogP contribution in [0.3, 0.4) is 0 Å². The number of nitrogens with zero attached hydrogens (tertiary/aromatic N) is 3. The maximum Gasteiger partial charge on any atom is 0.308 e. The van der Waals surface area contributed by atoms with Gasteiger partial charge in [-0.1, -0.05) is 24.3 Å². The summed E-state index contributed by atoms with van der Waals surface area (Å²) in [5, 5.41) is 0. The van der Waals surface area contributed by atoms with Crippen molar-refractivity contribution in [3.63, 3.8) is 0 Å². The minimum Gasteiger partial charge on any atom is -0.469 e. The van der Waals surface area contributed by atoms with Gasteiger partial charge in [-0.05, 0) is 49.8 Å². The van der Waals surface area contributed by atoms with E-state index in [1.54, 1.807) is 12.1 Å². The topological polar surface area (TPSA) is 85.1 Å². The van der Waals surface area contributed by atoms with Gasteiger partial charge in [0.15, 0.2) is 11.4 Å². The summed E-state index contributed by atoms with van der Waals surface area (Å²) < 4.78 is 46.7. The first-order valence-corrected chi connectivity index (χ1v) is 14.0. The number of aromatic nitrogens is 1. The Kier molecular flexibility index (Phi) is 7.44. The van der Waals surface area contributed by atoms with Crippen molar-refractivity contribution >= 4 is 34.7 Å². The summed E-state index contributed by atoms with van der Waals surface area (Å²) in [5.74, 6) is -1.28. The van der Waals surface area contributed by atoms with Crippen LogP contribution in [0.15, 0.2) is 40.8 Å². The van der Waals surface area contributed by atoms with E-state index in [1.807, 2.05) is 23.1 Å². The lowest BCUT2D eigenvalue weighted by Crippen LogP contribution is -2.40. The molecule has 0 N–H and O–H groups in total. The molecule has 2 aromatic carbocycles. The van der Waals surface area contributed by atoms with Gasteiger partial charge in [-0.25, -0.2) is 8.78 Å². The Morgan fingerprint density at radius 1 is 1.12 bits per heavy atom. The Morgan fingerprint density at radius 3 is 2.73 bits per heavy atom. The maximum absolute atomic E-state index is 15.5. The second-order valence-electron chi connectivity index (χ2n) is 11.0. The number of halogens is 2. The largest absolute Gasteiger partial charge is 0.469 e. The first kappa shape index (κ1) is 26.7. The zero-order chi connectivity index (χ0) is 27.8. The van der Waals surface area contributed by atoms with E-state index >= 15 is 4.39 Å². The van der Waals surface area contributed by atoms with Crippen molar-refractivity contribution in [3.05, 3.63) is 53.3 Å². The molecule has 10 heteroatoms. The van der Waals surface area contributed by atoms with Crippen LogP contribution in [0.25, 0.3) is 11.1 Å². The van der Waals surface area contributed by atoms with Gasteiger partial charge in [0, 0.05) is 24.2 Å². The Hall–Kier alpha value is -3.53. The van der Waals surface area contributed by atoms with Crippen molar-refractivity contribution in [1.82, 2.24) is 9.88 Å². The van der Waals surface area contributed by atoms with Crippen LogP contribution < -0.4 is 4.90 Å². The van der Waals surface area contributed by atoms with Crippen LogP contribution in [0.4, 0.5) is 20.5 Å². The molecule has 1 aromatic heterocycles. The molecule has 0 radical (unpaired) electrons. The number of ether oxygens (including phenoxy) is 2. The van der Waals surface area contributed by atoms with Gasteiger partial charge in [0.05, 0.1) is 44.7 Å². The van der Waals surface area contributed by atoms with Crippen LogP contribution in [-0.2, 0) is 31.9 Å². The molecule has 40 heavy (non-hydrogen) atoms. The molecule has 0 spiro atoms. The number of methoxy groups -OCH3 is 1. The first-order valence-electron chi connectivity index (χ1n) is 14.0. The molecule has 0 unspecified atom stereocenters. The summed E-state index contributed by atoms with van der Waals surface area (Å²) in [7, 11) is 1.39. The average Bonchev–Trinajstić information content (AvgIpc) is 3.69. The molecule has 2 fully saturated rings. The predicted molar refractivity (Wildman–Crippen MR) is 144 cm³/mol. The monoisotopic (exact) mass is 553 g/mol. The number of esters is 1. The number of hydrogen-bond acceptors (Lipinski definition) is 7. The first-order chi connectivity index (χ1) is 19.4. The average molecular weight is 554 g/mol. The number of alkyl halides is 1. The van der Waals surface area contributed by atoms with Gasteiger partial charge in [-0.2, -0.15) is 4.98 Å². The Balaban J connectivity index is 1.11. The number of hydrogen-bond donors (Lipinski definition) is 0. The number of carbonyl (C=O) groups excluding carboxylic acids is 2. The van der Waals surface area contributed by atoms with Crippen molar-refractivity contribution in [2.24, 2.45) is 5.92 Å². The molecule has 2 atom stereocenters. The normalized spacial score (nSPS) is 24.5. The Morgan fingerprint density at radius 2 is 1.93 bits per heavy atom. The van der Waals surface area contributed by atoms with Gasteiger partial charge in [0.1, 0.15) is 11.7 Å². The highest BCUT2D eigenvalue weighted by Gasteiger charge is 2.37. The standard InChI is InChI=1S/C30H33F2N3O5/c1-38-29(37)19-6-9-23(10-7-19)39-17-22-15-21(31)16-35(22)26(36)14-20-8-11-24-28(27(20)32)40-30(33-24)34-13-12-18-4-2-3-5-25(18)34/h2-5,8,11,19,21-23H,6-7,9-10,12-17H2,1H3/t19?,21-,22-,23?/m0/s1. The molecular formula is C30H33F2N3O5. The van der Waals surface area contributed by atoms with E-state index < -0.39 is 18.0 Å². The van der Waals surface area contributed by atoms with Gasteiger partial charge in [0.2, 0.25) is 5.91 Å². The van der Waals surface area contributed by atoms with E-state index in [1.165, 1.54) is 17.6 Å². The number of rotatable bonds is 7. The highest BCUT2D eigenvalue weighted by Crippen LogP contribution is 2.36. The van der Waals surface area contributed by atoms with E-state index in [0.29, 0.717) is 43.8 Å². The molecule has 6 rings (SSSR count). The molecule has 3 aromatic rings. The molecule has 3 heterocycles. The molecule has 212 valence electrons. The molecule has 2 aliphatic heterocycles. The molecule has 1 amide bonds. The van der Waals surface area contributed by atoms with E-state index in [4.69, 9.17) is 13.9 Å². The lowest BCUT2D eigenvalue weighted by molar-refractivity contribution is -0.148. The van der Waals surface area contributed by atoms with Crippen molar-refractivity contribution in [1.29, 1.82) is 0 Å². The number of para-hydroxylation sites is 1. The van der Waals surface area contributed by atoms with Crippen LogP contribution in [0.2, 0.25) is 0 Å². The fourth-order valence-corrected chi connectivity index (χ4v) is 6.24. The van der Waals surface area contributed by atoms with E-state index in [-0.39, 0.29) is 61.0 Å². The summed E-state index contributed by atoms with van der Waals surface area (Å²) >= 11 is 0. The van der Waals surface area contributed by atoms with Gasteiger partial charge in [-0.15, -0.1) is 0 Å². The van der Waals surface area contributed by atoms with Crippen molar-refractivity contribution < 1.29 is 32.3 Å². The molecule has 1 saturated heterocycles. The summed E-state index contributed by atoms with van der Waals surface area (Å²) in [5.41, 5.74) is 2.75. The third-order valence-corrected chi connectivity index (χ3v) is 8.44. The number of oxazole rings is 1. The highest BCUT2D eigenvalue weighted by molar-refractivity contribution is 5.83. The number of benzene rings is 2. The van der Waals surface area contributed by atoms with Crippen molar-refractivity contribution in [3.8, 4) is 0 Å². The van der Waals surface area contributed by atoms with Crippen LogP contribution in [0.1, 0.15) is 43.2 Å². The minimum absolute atomic E-state index is 0.0110. The van der Waals surface area contributed by atoms with Crippen molar-refractivity contribution in [2.75, 3.05) is 31.7 Å². The van der Waals surface area contributed by atoms with E-state index in [2.05, 4.69) is 11.1 Å². The van der Waals surface area contributed by atoms with Crippen molar-refractivity contribution in [2.45, 2.75) is 63.3 Å². The third kappa shape index (κ3) is 5.16. The molecular weight excluding hydrogens is 520 g/mol.